The summed E-state index contributed by atoms with van der Waals surface area (Å²) < 4.78 is 5.47. The maximum absolute atomic E-state index is 11.1. The van der Waals surface area contributed by atoms with Gasteiger partial charge in [0, 0.05) is 12.3 Å². The standard InChI is InChI=1S/C12H19ClO2/c1-9(14)15-11-10(13)5-4-8-12(11)6-2-3-7-12/h10-11H,2-8H2,1H3/t10-,11-/m0/s1. The molecule has 2 aliphatic carbocycles. The molecule has 2 aliphatic rings. The Morgan fingerprint density at radius 2 is 1.87 bits per heavy atom. The zero-order valence-electron chi connectivity index (χ0n) is 9.30. The van der Waals surface area contributed by atoms with Gasteiger partial charge in [-0.2, -0.15) is 0 Å². The molecule has 2 fully saturated rings. The monoisotopic (exact) mass is 230 g/mol. The number of alkyl halides is 1. The number of carbonyl (C=O) groups excluding carboxylic acids is 1. The van der Waals surface area contributed by atoms with Crippen molar-refractivity contribution in [2.75, 3.05) is 0 Å². The largest absolute Gasteiger partial charge is 0.460 e. The van der Waals surface area contributed by atoms with E-state index in [0.29, 0.717) is 0 Å². The maximum atomic E-state index is 11.1. The summed E-state index contributed by atoms with van der Waals surface area (Å²) in [5.74, 6) is -0.182. The van der Waals surface area contributed by atoms with E-state index in [1.54, 1.807) is 0 Å². The molecule has 2 atom stereocenters. The third-order valence-corrected chi connectivity index (χ3v) is 4.43. The van der Waals surface area contributed by atoms with Crippen LogP contribution >= 0.6 is 11.6 Å². The Balaban J connectivity index is 2.14. The van der Waals surface area contributed by atoms with Crippen molar-refractivity contribution in [2.45, 2.75) is 63.4 Å². The van der Waals surface area contributed by atoms with Crippen LogP contribution in [0.1, 0.15) is 51.9 Å². The van der Waals surface area contributed by atoms with Gasteiger partial charge in [0.1, 0.15) is 6.10 Å². The minimum absolute atomic E-state index is 0.0285. The molecule has 0 saturated heterocycles. The van der Waals surface area contributed by atoms with Crippen LogP contribution in [0.3, 0.4) is 0 Å². The summed E-state index contributed by atoms with van der Waals surface area (Å²) in [5, 5.41) is 0.0285. The first-order chi connectivity index (χ1) is 7.14. The summed E-state index contributed by atoms with van der Waals surface area (Å²) in [4.78, 5) is 11.1. The lowest BCUT2D eigenvalue weighted by Crippen LogP contribution is -2.45. The van der Waals surface area contributed by atoms with Crippen LogP contribution in [0.5, 0.6) is 0 Å². The third-order valence-electron chi connectivity index (χ3n) is 3.98. The fourth-order valence-corrected chi connectivity index (χ4v) is 3.79. The smallest absolute Gasteiger partial charge is 0.302 e. The van der Waals surface area contributed by atoms with Gasteiger partial charge in [0.15, 0.2) is 0 Å². The van der Waals surface area contributed by atoms with Crippen molar-refractivity contribution in [3.05, 3.63) is 0 Å². The first-order valence-corrected chi connectivity index (χ1v) is 6.39. The molecule has 0 amide bonds. The zero-order valence-corrected chi connectivity index (χ0v) is 10.1. The molecule has 2 rings (SSSR count). The highest BCUT2D eigenvalue weighted by molar-refractivity contribution is 6.21. The molecule has 0 radical (unpaired) electrons. The fourth-order valence-electron chi connectivity index (χ4n) is 3.32. The van der Waals surface area contributed by atoms with E-state index in [-0.39, 0.29) is 22.9 Å². The van der Waals surface area contributed by atoms with Gasteiger partial charge in [0.05, 0.1) is 5.38 Å². The molecule has 2 nitrogen and oxygen atoms in total. The van der Waals surface area contributed by atoms with Crippen LogP contribution in [0.2, 0.25) is 0 Å². The van der Waals surface area contributed by atoms with Crippen LogP contribution in [0.4, 0.5) is 0 Å². The number of rotatable bonds is 1. The highest BCUT2D eigenvalue weighted by atomic mass is 35.5. The summed E-state index contributed by atoms with van der Waals surface area (Å²) in [7, 11) is 0. The predicted octanol–water partition coefficient (Wildman–Crippen LogP) is 3.27. The summed E-state index contributed by atoms with van der Waals surface area (Å²) in [6, 6.07) is 0. The van der Waals surface area contributed by atoms with Gasteiger partial charge in [-0.15, -0.1) is 11.6 Å². The number of halogens is 1. The van der Waals surface area contributed by atoms with E-state index in [0.717, 1.165) is 6.42 Å². The van der Waals surface area contributed by atoms with E-state index in [1.165, 1.54) is 45.4 Å². The molecule has 0 aliphatic heterocycles. The van der Waals surface area contributed by atoms with Crippen LogP contribution in [-0.4, -0.2) is 17.5 Å². The molecular weight excluding hydrogens is 212 g/mol. The topological polar surface area (TPSA) is 26.3 Å². The van der Waals surface area contributed by atoms with Gasteiger partial charge in [-0.3, -0.25) is 4.79 Å². The van der Waals surface area contributed by atoms with E-state index >= 15 is 0 Å². The lowest BCUT2D eigenvalue weighted by molar-refractivity contribution is -0.156. The van der Waals surface area contributed by atoms with Crippen molar-refractivity contribution < 1.29 is 9.53 Å². The molecule has 86 valence electrons. The predicted molar refractivity (Wildman–Crippen MR) is 59.9 cm³/mol. The number of hydrogen-bond acceptors (Lipinski definition) is 2. The Bertz CT molecular complexity index is 246. The van der Waals surface area contributed by atoms with Gasteiger partial charge in [-0.25, -0.2) is 0 Å². The number of esters is 1. The molecule has 1 spiro atoms. The normalized spacial score (nSPS) is 34.3. The molecule has 0 N–H and O–H groups in total. The van der Waals surface area contributed by atoms with Crippen LogP contribution in [0.25, 0.3) is 0 Å². The van der Waals surface area contributed by atoms with E-state index < -0.39 is 0 Å². The number of carbonyl (C=O) groups is 1. The van der Waals surface area contributed by atoms with Crippen molar-refractivity contribution in [3.8, 4) is 0 Å². The fraction of sp³-hybridized carbons (Fsp3) is 0.917. The Labute approximate surface area is 96.3 Å². The molecule has 0 unspecified atom stereocenters. The van der Waals surface area contributed by atoms with Crippen molar-refractivity contribution in [3.63, 3.8) is 0 Å². The SMILES string of the molecule is CC(=O)O[C@H]1[C@@H](Cl)CCCC12CCCC2. The van der Waals surface area contributed by atoms with Crippen molar-refractivity contribution >= 4 is 17.6 Å². The Kier molecular flexibility index (Phi) is 3.24. The minimum atomic E-state index is -0.182. The molecular formula is C12H19ClO2. The third kappa shape index (κ3) is 2.15. The number of ether oxygens (including phenoxy) is 1. The second-order valence-corrected chi connectivity index (χ2v) is 5.57. The van der Waals surface area contributed by atoms with Crippen molar-refractivity contribution in [1.82, 2.24) is 0 Å². The molecule has 0 heterocycles. The average Bonchev–Trinajstić information content (AvgIpc) is 2.61. The van der Waals surface area contributed by atoms with Crippen LogP contribution in [-0.2, 0) is 9.53 Å². The molecule has 2 saturated carbocycles. The molecule has 0 aromatic carbocycles. The van der Waals surface area contributed by atoms with E-state index in [9.17, 15) is 4.79 Å². The van der Waals surface area contributed by atoms with Gasteiger partial charge in [-0.05, 0) is 25.7 Å². The van der Waals surface area contributed by atoms with Crippen LogP contribution in [0, 0.1) is 5.41 Å². The molecule has 0 bridgehead atoms. The summed E-state index contributed by atoms with van der Waals surface area (Å²) >= 11 is 6.32. The van der Waals surface area contributed by atoms with Gasteiger partial charge in [0.2, 0.25) is 0 Å². The number of hydrogen-bond donors (Lipinski definition) is 0. The second-order valence-electron chi connectivity index (χ2n) is 5.01. The maximum Gasteiger partial charge on any atom is 0.302 e. The lowest BCUT2D eigenvalue weighted by Gasteiger charge is -2.43. The molecule has 0 aromatic heterocycles. The van der Waals surface area contributed by atoms with Gasteiger partial charge in [0.25, 0.3) is 0 Å². The molecule has 15 heavy (non-hydrogen) atoms. The molecule has 3 heteroatoms. The average molecular weight is 231 g/mol. The highest BCUT2D eigenvalue weighted by Crippen LogP contribution is 2.51. The zero-order chi connectivity index (χ0) is 10.9. The van der Waals surface area contributed by atoms with Crippen molar-refractivity contribution in [1.29, 1.82) is 0 Å². The molecule has 0 aromatic rings. The van der Waals surface area contributed by atoms with Gasteiger partial charge in [-0.1, -0.05) is 19.3 Å². The van der Waals surface area contributed by atoms with E-state index in [2.05, 4.69) is 0 Å². The minimum Gasteiger partial charge on any atom is -0.460 e. The second kappa shape index (κ2) is 4.32. The van der Waals surface area contributed by atoms with Gasteiger partial charge >= 0.3 is 5.97 Å². The first kappa shape index (κ1) is 11.3. The van der Waals surface area contributed by atoms with Crippen LogP contribution in [0.15, 0.2) is 0 Å². The summed E-state index contributed by atoms with van der Waals surface area (Å²) in [6.07, 6.45) is 8.24. The summed E-state index contributed by atoms with van der Waals surface area (Å²) in [5.41, 5.74) is 0.219. The van der Waals surface area contributed by atoms with Crippen LogP contribution < -0.4 is 0 Å². The van der Waals surface area contributed by atoms with Gasteiger partial charge < -0.3 is 4.74 Å². The first-order valence-electron chi connectivity index (χ1n) is 5.95. The van der Waals surface area contributed by atoms with Crippen molar-refractivity contribution in [2.24, 2.45) is 5.41 Å². The quantitative estimate of drug-likeness (QED) is 0.511. The van der Waals surface area contributed by atoms with E-state index in [1.807, 2.05) is 0 Å². The summed E-state index contributed by atoms with van der Waals surface area (Å²) in [6.45, 7) is 1.49. The Morgan fingerprint density at radius 3 is 2.47 bits per heavy atom. The lowest BCUT2D eigenvalue weighted by atomic mass is 9.70. The van der Waals surface area contributed by atoms with E-state index in [4.69, 9.17) is 16.3 Å². The Morgan fingerprint density at radius 1 is 1.27 bits per heavy atom. The Hall–Kier alpha value is -0.240. The highest BCUT2D eigenvalue weighted by Gasteiger charge is 2.48.